The summed E-state index contributed by atoms with van der Waals surface area (Å²) in [7, 11) is 1.66. The van der Waals surface area contributed by atoms with E-state index < -0.39 is 0 Å². The number of carbonyl (C=O) groups is 1. The van der Waals surface area contributed by atoms with Crippen LogP contribution in [0.5, 0.6) is 5.75 Å². The van der Waals surface area contributed by atoms with Crippen molar-refractivity contribution < 1.29 is 14.4 Å². The molecule has 1 fully saturated rings. The number of nitrogens with one attached hydrogen (secondary N) is 2. The smallest absolute Gasteiger partial charge is 0.282 e. The van der Waals surface area contributed by atoms with E-state index in [-0.39, 0.29) is 11.9 Å². The van der Waals surface area contributed by atoms with E-state index in [9.17, 15) is 4.79 Å². The fourth-order valence-corrected chi connectivity index (χ4v) is 3.54. The van der Waals surface area contributed by atoms with Crippen LogP contribution in [0.4, 0.5) is 5.69 Å². The number of halogens is 2. The molecule has 6 heteroatoms. The number of hydrogen-bond donors (Lipinski definition) is 2. The molecule has 0 spiro atoms. The third-order valence-electron chi connectivity index (χ3n) is 4.81. The Balaban J connectivity index is 1.69. The molecule has 1 aliphatic rings. The Kier molecular flexibility index (Phi) is 6.07. The van der Waals surface area contributed by atoms with Gasteiger partial charge in [0.05, 0.1) is 23.9 Å². The summed E-state index contributed by atoms with van der Waals surface area (Å²) in [4.78, 5) is 14.0. The predicted octanol–water partition coefficient (Wildman–Crippen LogP) is 3.58. The second kappa shape index (κ2) is 8.30. The van der Waals surface area contributed by atoms with E-state index in [4.69, 9.17) is 27.9 Å². The number of methoxy groups -OCH3 is 1. The average Bonchev–Trinajstić information content (AvgIpc) is 3.47. The molecular formula is C20H23Cl2N2O2+. The van der Waals surface area contributed by atoms with Crippen molar-refractivity contribution in [1.29, 1.82) is 0 Å². The van der Waals surface area contributed by atoms with E-state index >= 15 is 0 Å². The lowest BCUT2D eigenvalue weighted by Crippen LogP contribution is -3.16. The molecule has 1 saturated carbocycles. The molecule has 1 amide bonds. The van der Waals surface area contributed by atoms with Gasteiger partial charge in [0.2, 0.25) is 0 Å². The zero-order valence-electron chi connectivity index (χ0n) is 14.9. The van der Waals surface area contributed by atoms with Crippen LogP contribution < -0.4 is 15.0 Å². The van der Waals surface area contributed by atoms with Crippen LogP contribution in [0.3, 0.4) is 0 Å². The van der Waals surface area contributed by atoms with Crippen LogP contribution in [0.1, 0.15) is 25.3 Å². The second-order valence-electron chi connectivity index (χ2n) is 6.71. The summed E-state index contributed by atoms with van der Waals surface area (Å²) < 4.78 is 5.21. The van der Waals surface area contributed by atoms with Gasteiger partial charge in [0.1, 0.15) is 12.3 Å². The van der Waals surface area contributed by atoms with E-state index in [0.29, 0.717) is 21.8 Å². The van der Waals surface area contributed by atoms with Gasteiger partial charge in [-0.3, -0.25) is 4.79 Å². The number of carbonyl (C=O) groups excluding carboxylic acids is 1. The molecule has 26 heavy (non-hydrogen) atoms. The lowest BCUT2D eigenvalue weighted by molar-refractivity contribution is -0.938. The van der Waals surface area contributed by atoms with E-state index in [1.807, 2.05) is 19.1 Å². The largest absolute Gasteiger partial charge is 0.497 e. The summed E-state index contributed by atoms with van der Waals surface area (Å²) in [6.07, 6.45) is 2.32. The Morgan fingerprint density at radius 1 is 1.23 bits per heavy atom. The van der Waals surface area contributed by atoms with Crippen molar-refractivity contribution in [2.75, 3.05) is 12.4 Å². The topological polar surface area (TPSA) is 42.8 Å². The van der Waals surface area contributed by atoms with Gasteiger partial charge in [-0.05, 0) is 49.4 Å². The number of rotatable bonds is 7. The quantitative estimate of drug-likeness (QED) is 0.754. The normalized spacial score (nSPS) is 16.0. The molecule has 3 rings (SSSR count). The fraction of sp³-hybridized carbons (Fsp3) is 0.350. The third kappa shape index (κ3) is 4.70. The minimum Gasteiger partial charge on any atom is -0.497 e. The van der Waals surface area contributed by atoms with Crippen molar-refractivity contribution in [3.05, 3.63) is 58.1 Å². The van der Waals surface area contributed by atoms with Crippen LogP contribution in [0.25, 0.3) is 0 Å². The van der Waals surface area contributed by atoms with Crippen molar-refractivity contribution in [2.45, 2.75) is 38.4 Å². The Morgan fingerprint density at radius 3 is 2.50 bits per heavy atom. The van der Waals surface area contributed by atoms with Gasteiger partial charge in [0.15, 0.2) is 6.04 Å². The minimum absolute atomic E-state index is 0.0374. The average molecular weight is 394 g/mol. The molecule has 0 heterocycles. The van der Waals surface area contributed by atoms with E-state index in [2.05, 4.69) is 17.4 Å². The van der Waals surface area contributed by atoms with E-state index in [0.717, 1.165) is 25.1 Å². The maximum atomic E-state index is 12.8. The Bertz CT molecular complexity index is 776. The van der Waals surface area contributed by atoms with Crippen LogP contribution in [0, 0.1) is 0 Å². The Hall–Kier alpha value is -1.75. The number of hydrogen-bond acceptors (Lipinski definition) is 2. The van der Waals surface area contributed by atoms with E-state index in [1.165, 1.54) is 10.5 Å². The molecule has 138 valence electrons. The molecule has 1 unspecified atom stereocenters. The van der Waals surface area contributed by atoms with Crippen LogP contribution >= 0.6 is 23.2 Å². The number of ether oxygens (including phenoxy) is 1. The first-order valence-corrected chi connectivity index (χ1v) is 9.48. The first kappa shape index (κ1) is 19.0. The van der Waals surface area contributed by atoms with Gasteiger partial charge < -0.3 is 15.0 Å². The predicted molar refractivity (Wildman–Crippen MR) is 105 cm³/mol. The third-order valence-corrected chi connectivity index (χ3v) is 5.36. The molecular weight excluding hydrogens is 371 g/mol. The molecule has 4 nitrogen and oxygen atoms in total. The molecule has 0 bridgehead atoms. The van der Waals surface area contributed by atoms with Gasteiger partial charge in [0.25, 0.3) is 5.91 Å². The fourth-order valence-electron chi connectivity index (χ4n) is 3.08. The van der Waals surface area contributed by atoms with E-state index in [1.54, 1.807) is 25.3 Å². The van der Waals surface area contributed by atoms with Gasteiger partial charge in [0, 0.05) is 23.4 Å². The molecule has 2 aromatic rings. The summed E-state index contributed by atoms with van der Waals surface area (Å²) >= 11 is 12.1. The number of quaternary nitrogens is 1. The molecule has 1 aliphatic carbocycles. The van der Waals surface area contributed by atoms with Crippen LogP contribution in [0.15, 0.2) is 42.5 Å². The zero-order chi connectivity index (χ0) is 18.7. The highest BCUT2D eigenvalue weighted by atomic mass is 35.5. The van der Waals surface area contributed by atoms with Gasteiger partial charge >= 0.3 is 0 Å². The molecule has 2 N–H and O–H groups in total. The van der Waals surface area contributed by atoms with Crippen molar-refractivity contribution >= 4 is 34.8 Å². The zero-order valence-corrected chi connectivity index (χ0v) is 16.4. The van der Waals surface area contributed by atoms with Gasteiger partial charge in [-0.25, -0.2) is 0 Å². The lowest BCUT2D eigenvalue weighted by atomic mass is 10.1. The molecule has 0 radical (unpaired) electrons. The molecule has 2 atom stereocenters. The lowest BCUT2D eigenvalue weighted by Gasteiger charge is -2.25. The van der Waals surface area contributed by atoms with Gasteiger partial charge in [-0.15, -0.1) is 0 Å². The molecule has 0 aromatic heterocycles. The van der Waals surface area contributed by atoms with Gasteiger partial charge in [-0.1, -0.05) is 23.2 Å². The first-order valence-electron chi connectivity index (χ1n) is 8.72. The Labute approximate surface area is 164 Å². The summed E-state index contributed by atoms with van der Waals surface area (Å²) in [5.41, 5.74) is 1.78. The highest BCUT2D eigenvalue weighted by Gasteiger charge is 2.39. The number of anilines is 1. The maximum Gasteiger partial charge on any atom is 0.282 e. The Morgan fingerprint density at radius 2 is 1.92 bits per heavy atom. The highest BCUT2D eigenvalue weighted by molar-refractivity contribution is 6.36. The van der Waals surface area contributed by atoms with Crippen molar-refractivity contribution in [1.82, 2.24) is 0 Å². The summed E-state index contributed by atoms with van der Waals surface area (Å²) in [5.74, 6) is 0.800. The second-order valence-corrected chi connectivity index (χ2v) is 7.55. The summed E-state index contributed by atoms with van der Waals surface area (Å²) in [6.45, 7) is 2.77. The molecule has 0 saturated heterocycles. The SMILES string of the molecule is COc1ccc(C[NH+](C2CC2)[C@@H](C)C(=O)Nc2ccc(Cl)cc2Cl)cc1. The van der Waals surface area contributed by atoms with Crippen molar-refractivity contribution in [2.24, 2.45) is 0 Å². The van der Waals surface area contributed by atoms with Crippen LogP contribution in [-0.4, -0.2) is 25.1 Å². The maximum absolute atomic E-state index is 12.8. The van der Waals surface area contributed by atoms with Crippen LogP contribution in [0.2, 0.25) is 10.0 Å². The van der Waals surface area contributed by atoms with Crippen LogP contribution in [-0.2, 0) is 11.3 Å². The molecule has 0 aliphatic heterocycles. The number of benzene rings is 2. The molecule has 2 aromatic carbocycles. The van der Waals surface area contributed by atoms with Gasteiger partial charge in [-0.2, -0.15) is 0 Å². The standard InChI is InChI=1S/C20H22Cl2N2O2/c1-13(20(25)23-19-10-5-15(21)11-18(19)22)24(16-6-7-16)12-14-3-8-17(26-2)9-4-14/h3-5,8-11,13,16H,6-7,12H2,1-2H3,(H,23,25)/p+1/t13-/m0/s1. The highest BCUT2D eigenvalue weighted by Crippen LogP contribution is 2.25. The van der Waals surface area contributed by atoms with Crippen molar-refractivity contribution in [3.8, 4) is 5.75 Å². The summed E-state index contributed by atoms with van der Waals surface area (Å²) in [6, 6.07) is 13.5. The van der Waals surface area contributed by atoms with Crippen molar-refractivity contribution in [3.63, 3.8) is 0 Å². The minimum atomic E-state index is -0.184. The summed E-state index contributed by atoms with van der Waals surface area (Å²) in [5, 5.41) is 3.93. The first-order chi connectivity index (χ1) is 12.5. The number of amides is 1. The monoisotopic (exact) mass is 393 g/mol.